The average Bonchev–Trinajstić information content (AvgIpc) is 3.04. The van der Waals surface area contributed by atoms with Gasteiger partial charge in [0.15, 0.2) is 0 Å². The second kappa shape index (κ2) is 5.88. The van der Waals surface area contributed by atoms with Crippen molar-refractivity contribution in [2.45, 2.75) is 24.1 Å². The van der Waals surface area contributed by atoms with Gasteiger partial charge >= 0.3 is 0 Å². The molecule has 0 aromatic carbocycles. The lowest BCUT2D eigenvalue weighted by atomic mass is 10.2. The van der Waals surface area contributed by atoms with Crippen molar-refractivity contribution in [2.75, 3.05) is 7.05 Å². The van der Waals surface area contributed by atoms with Crippen molar-refractivity contribution >= 4 is 38.6 Å². The van der Waals surface area contributed by atoms with Crippen LogP contribution in [0.1, 0.15) is 33.1 Å². The lowest BCUT2D eigenvalue weighted by molar-refractivity contribution is 0.0749. The van der Waals surface area contributed by atoms with E-state index in [1.165, 1.54) is 6.07 Å². The fourth-order valence-corrected chi connectivity index (χ4v) is 4.63. The normalized spacial score (nSPS) is 13.1. The van der Waals surface area contributed by atoms with Crippen molar-refractivity contribution < 1.29 is 13.2 Å². The molecular weight excluding hydrogens is 328 g/mol. The molecule has 114 valence electrons. The first-order valence-electron chi connectivity index (χ1n) is 6.15. The number of nitrogens with two attached hydrogens (primary N) is 1. The van der Waals surface area contributed by atoms with Crippen LogP contribution in [0.3, 0.4) is 0 Å². The third-order valence-electron chi connectivity index (χ3n) is 3.23. The number of nitrogens with zero attached hydrogens (tertiary/aromatic N) is 1. The van der Waals surface area contributed by atoms with Crippen LogP contribution < -0.4 is 5.14 Å². The highest BCUT2D eigenvalue weighted by Crippen LogP contribution is 2.30. The number of rotatable bonds is 4. The van der Waals surface area contributed by atoms with E-state index in [1.54, 1.807) is 30.2 Å². The van der Waals surface area contributed by atoms with Crippen LogP contribution in [0.2, 0.25) is 0 Å². The van der Waals surface area contributed by atoms with Crippen LogP contribution in [0.25, 0.3) is 0 Å². The molecule has 1 atom stereocenters. The molecule has 2 N–H and O–H groups in total. The van der Waals surface area contributed by atoms with Gasteiger partial charge in [0.05, 0.1) is 10.9 Å². The molecule has 0 saturated heterocycles. The van der Waals surface area contributed by atoms with Gasteiger partial charge < -0.3 is 4.90 Å². The maximum atomic E-state index is 12.5. The predicted octanol–water partition coefficient (Wildman–Crippen LogP) is 2.60. The van der Waals surface area contributed by atoms with E-state index in [-0.39, 0.29) is 16.2 Å². The molecule has 5 nitrogen and oxygen atoms in total. The Balaban J connectivity index is 2.30. The minimum Gasteiger partial charge on any atom is -0.333 e. The van der Waals surface area contributed by atoms with Gasteiger partial charge in [-0.25, -0.2) is 13.6 Å². The Kier molecular flexibility index (Phi) is 4.52. The molecule has 0 saturated carbocycles. The molecule has 2 heterocycles. The molecule has 0 aliphatic heterocycles. The van der Waals surface area contributed by atoms with Crippen molar-refractivity contribution in [3.05, 3.63) is 38.9 Å². The molecule has 21 heavy (non-hydrogen) atoms. The zero-order valence-electron chi connectivity index (χ0n) is 11.9. The lowest BCUT2D eigenvalue weighted by Crippen LogP contribution is -2.29. The number of sulfonamides is 1. The summed E-state index contributed by atoms with van der Waals surface area (Å²) in [6.07, 6.45) is 0. The number of carbonyl (C=O) groups is 1. The lowest BCUT2D eigenvalue weighted by Gasteiger charge is -2.23. The number of primary sulfonamides is 1. The Morgan fingerprint density at radius 3 is 2.57 bits per heavy atom. The van der Waals surface area contributed by atoms with E-state index in [0.717, 1.165) is 16.2 Å². The standard InChI is InChI=1S/C13H16N2O3S3/c1-8-7-11(21(14,17)18)20-12(8)13(16)15(3)9(2)10-5-4-6-19-10/h4-7,9H,1-3H3,(H2,14,17,18)/t9-/m1/s1. The maximum absolute atomic E-state index is 12.5. The minimum absolute atomic E-state index is 0.0144. The first kappa shape index (κ1) is 16.2. The number of hydrogen-bond donors (Lipinski definition) is 1. The van der Waals surface area contributed by atoms with E-state index in [0.29, 0.717) is 10.4 Å². The average molecular weight is 344 g/mol. The highest BCUT2D eigenvalue weighted by atomic mass is 32.2. The molecule has 0 aliphatic carbocycles. The zero-order valence-corrected chi connectivity index (χ0v) is 14.3. The van der Waals surface area contributed by atoms with E-state index >= 15 is 0 Å². The zero-order chi connectivity index (χ0) is 15.8. The van der Waals surface area contributed by atoms with Gasteiger partial charge in [0, 0.05) is 11.9 Å². The van der Waals surface area contributed by atoms with Crippen molar-refractivity contribution in [2.24, 2.45) is 5.14 Å². The van der Waals surface area contributed by atoms with E-state index in [4.69, 9.17) is 5.14 Å². The van der Waals surface area contributed by atoms with Crippen molar-refractivity contribution in [1.82, 2.24) is 4.90 Å². The van der Waals surface area contributed by atoms with Crippen LogP contribution in [0.15, 0.2) is 27.8 Å². The predicted molar refractivity (Wildman–Crippen MR) is 85.3 cm³/mol. The second-order valence-electron chi connectivity index (χ2n) is 4.73. The molecule has 2 aromatic heterocycles. The van der Waals surface area contributed by atoms with Gasteiger partial charge in [-0.1, -0.05) is 6.07 Å². The van der Waals surface area contributed by atoms with Crippen molar-refractivity contribution in [3.63, 3.8) is 0 Å². The summed E-state index contributed by atoms with van der Waals surface area (Å²) in [5.41, 5.74) is 0.624. The Labute approximate surface area is 132 Å². The Bertz CT molecular complexity index is 748. The summed E-state index contributed by atoms with van der Waals surface area (Å²) in [6.45, 7) is 3.65. The van der Waals surface area contributed by atoms with Gasteiger partial charge in [-0.05, 0) is 36.9 Å². The molecule has 2 rings (SSSR count). The largest absolute Gasteiger partial charge is 0.333 e. The fraction of sp³-hybridized carbons (Fsp3) is 0.308. The smallest absolute Gasteiger partial charge is 0.264 e. The summed E-state index contributed by atoms with van der Waals surface area (Å²) >= 11 is 2.50. The third-order valence-corrected chi connectivity index (χ3v) is 6.91. The Morgan fingerprint density at radius 1 is 1.43 bits per heavy atom. The summed E-state index contributed by atoms with van der Waals surface area (Å²) in [4.78, 5) is 15.6. The second-order valence-corrected chi connectivity index (χ2v) is 8.55. The minimum atomic E-state index is -3.78. The first-order valence-corrected chi connectivity index (χ1v) is 9.40. The molecule has 0 aliphatic rings. The van der Waals surface area contributed by atoms with Gasteiger partial charge in [0.25, 0.3) is 5.91 Å². The van der Waals surface area contributed by atoms with Crippen LogP contribution in [-0.4, -0.2) is 26.3 Å². The molecular formula is C13H16N2O3S3. The number of carbonyl (C=O) groups excluding carboxylic acids is 1. The number of thiophene rings is 2. The molecule has 1 amide bonds. The van der Waals surface area contributed by atoms with Crippen LogP contribution in [0.4, 0.5) is 0 Å². The first-order chi connectivity index (χ1) is 9.71. The van der Waals surface area contributed by atoms with E-state index in [9.17, 15) is 13.2 Å². The Morgan fingerprint density at radius 2 is 2.10 bits per heavy atom. The van der Waals surface area contributed by atoms with Gasteiger partial charge in [0.1, 0.15) is 4.21 Å². The van der Waals surface area contributed by atoms with Gasteiger partial charge in [0.2, 0.25) is 10.0 Å². The van der Waals surface area contributed by atoms with Crippen LogP contribution in [-0.2, 0) is 10.0 Å². The maximum Gasteiger partial charge on any atom is 0.264 e. The molecule has 8 heteroatoms. The summed E-state index contributed by atoms with van der Waals surface area (Å²) in [5.74, 6) is -0.201. The summed E-state index contributed by atoms with van der Waals surface area (Å²) in [6, 6.07) is 5.27. The molecule has 0 fully saturated rings. The monoisotopic (exact) mass is 344 g/mol. The quantitative estimate of drug-likeness (QED) is 0.926. The van der Waals surface area contributed by atoms with Crippen LogP contribution in [0, 0.1) is 6.92 Å². The summed E-state index contributed by atoms with van der Waals surface area (Å²) in [7, 11) is -2.07. The molecule has 0 radical (unpaired) electrons. The van der Waals surface area contributed by atoms with Gasteiger partial charge in [-0.15, -0.1) is 22.7 Å². The summed E-state index contributed by atoms with van der Waals surface area (Å²) < 4.78 is 22.8. The van der Waals surface area contributed by atoms with Crippen LogP contribution in [0.5, 0.6) is 0 Å². The van der Waals surface area contributed by atoms with E-state index in [2.05, 4.69) is 0 Å². The third kappa shape index (κ3) is 3.34. The Hall–Kier alpha value is -1.22. The van der Waals surface area contributed by atoms with E-state index < -0.39 is 10.0 Å². The topological polar surface area (TPSA) is 80.5 Å². The van der Waals surface area contributed by atoms with E-state index in [1.807, 2.05) is 24.4 Å². The van der Waals surface area contributed by atoms with Crippen LogP contribution >= 0.6 is 22.7 Å². The number of amides is 1. The molecule has 0 bridgehead atoms. The number of aryl methyl sites for hydroxylation is 1. The number of hydrogen-bond acceptors (Lipinski definition) is 5. The fourth-order valence-electron chi connectivity index (χ4n) is 1.86. The SMILES string of the molecule is Cc1cc(S(N)(=O)=O)sc1C(=O)N(C)[C@H](C)c1cccs1. The van der Waals surface area contributed by atoms with Crippen molar-refractivity contribution in [1.29, 1.82) is 0 Å². The van der Waals surface area contributed by atoms with Gasteiger partial charge in [-0.2, -0.15) is 0 Å². The van der Waals surface area contributed by atoms with Crippen molar-refractivity contribution in [3.8, 4) is 0 Å². The molecule has 2 aromatic rings. The highest BCUT2D eigenvalue weighted by molar-refractivity contribution is 7.91. The molecule has 0 unspecified atom stereocenters. The highest BCUT2D eigenvalue weighted by Gasteiger charge is 2.25. The molecule has 0 spiro atoms. The van der Waals surface area contributed by atoms with Gasteiger partial charge in [-0.3, -0.25) is 4.79 Å². The summed E-state index contributed by atoms with van der Waals surface area (Å²) in [5, 5.41) is 7.07.